The summed E-state index contributed by atoms with van der Waals surface area (Å²) in [5, 5.41) is 4.01. The number of benzene rings is 2. The maximum atomic E-state index is 12.2. The van der Waals surface area contributed by atoms with Crippen molar-refractivity contribution in [2.75, 3.05) is 7.11 Å². The number of aryl methyl sites for hydroxylation is 1. The summed E-state index contributed by atoms with van der Waals surface area (Å²) in [4.78, 5) is 16.6. The van der Waals surface area contributed by atoms with Gasteiger partial charge in [-0.1, -0.05) is 42.4 Å². The zero-order chi connectivity index (χ0) is 19.2. The van der Waals surface area contributed by atoms with Crippen LogP contribution in [0.25, 0.3) is 11.4 Å². The van der Waals surface area contributed by atoms with Crippen LogP contribution in [-0.4, -0.2) is 23.0 Å². The van der Waals surface area contributed by atoms with Gasteiger partial charge in [0.1, 0.15) is 6.61 Å². The van der Waals surface area contributed by atoms with Gasteiger partial charge in [-0.2, -0.15) is 4.98 Å². The van der Waals surface area contributed by atoms with Gasteiger partial charge in [0.2, 0.25) is 11.7 Å². The average Bonchev–Trinajstić information content (AvgIpc) is 3.15. The zero-order valence-electron chi connectivity index (χ0n) is 15.7. The van der Waals surface area contributed by atoms with E-state index in [1.54, 1.807) is 19.2 Å². The molecule has 0 saturated carbocycles. The Morgan fingerprint density at radius 2 is 1.93 bits per heavy atom. The third-order valence-electron chi connectivity index (χ3n) is 4.09. The number of ketones is 1. The Bertz CT molecular complexity index is 919. The fourth-order valence-electron chi connectivity index (χ4n) is 2.72. The third kappa shape index (κ3) is 4.34. The minimum Gasteiger partial charge on any atom is -0.493 e. The smallest absolute Gasteiger partial charge is 0.226 e. The van der Waals surface area contributed by atoms with Gasteiger partial charge in [0.05, 0.1) is 7.11 Å². The first-order chi connectivity index (χ1) is 13.1. The molecule has 27 heavy (non-hydrogen) atoms. The van der Waals surface area contributed by atoms with Crippen LogP contribution in [0.15, 0.2) is 47.0 Å². The van der Waals surface area contributed by atoms with Crippen LogP contribution in [0.2, 0.25) is 0 Å². The highest BCUT2D eigenvalue weighted by Crippen LogP contribution is 2.35. The molecule has 0 aliphatic carbocycles. The molecule has 0 aliphatic rings. The van der Waals surface area contributed by atoms with Crippen molar-refractivity contribution >= 4 is 5.78 Å². The second-order valence-corrected chi connectivity index (χ2v) is 6.14. The van der Waals surface area contributed by atoms with Gasteiger partial charge in [-0.3, -0.25) is 4.79 Å². The fraction of sp³-hybridized carbons (Fsp3) is 0.286. The lowest BCUT2D eigenvalue weighted by Crippen LogP contribution is -2.03. The summed E-state index contributed by atoms with van der Waals surface area (Å²) in [6.45, 7) is 3.91. The predicted octanol–water partition coefficient (Wildman–Crippen LogP) is 4.48. The quantitative estimate of drug-likeness (QED) is 0.547. The van der Waals surface area contributed by atoms with Gasteiger partial charge in [0.25, 0.3) is 0 Å². The number of methoxy groups -OCH3 is 1. The first kappa shape index (κ1) is 18.6. The van der Waals surface area contributed by atoms with Gasteiger partial charge in [-0.25, -0.2) is 0 Å². The third-order valence-corrected chi connectivity index (χ3v) is 4.09. The summed E-state index contributed by atoms with van der Waals surface area (Å²) in [5.74, 6) is 1.81. The normalized spacial score (nSPS) is 10.6. The molecule has 6 nitrogen and oxygen atoms in total. The molecule has 0 fully saturated rings. The van der Waals surface area contributed by atoms with Crippen LogP contribution in [0.3, 0.4) is 0 Å². The summed E-state index contributed by atoms with van der Waals surface area (Å²) in [6.07, 6.45) is 1.59. The Labute approximate surface area is 158 Å². The van der Waals surface area contributed by atoms with Gasteiger partial charge < -0.3 is 14.0 Å². The number of aromatic nitrogens is 2. The van der Waals surface area contributed by atoms with E-state index in [9.17, 15) is 4.79 Å². The molecule has 0 radical (unpaired) electrons. The molecule has 1 heterocycles. The Morgan fingerprint density at radius 3 is 2.59 bits per heavy atom. The largest absolute Gasteiger partial charge is 0.493 e. The van der Waals surface area contributed by atoms with Crippen molar-refractivity contribution in [2.45, 2.75) is 33.3 Å². The van der Waals surface area contributed by atoms with Gasteiger partial charge in [-0.05, 0) is 31.0 Å². The zero-order valence-corrected chi connectivity index (χ0v) is 15.7. The predicted molar refractivity (Wildman–Crippen MR) is 101 cm³/mol. The molecule has 0 bridgehead atoms. The number of carbonyl (C=O) groups excluding carboxylic acids is 1. The standard InChI is InChI=1S/C21H22N2O4/c1-4-8-20-22-21(23-27-20)17-12-18(25-3)19(11-16(17)14(2)24)26-13-15-9-6-5-7-10-15/h5-7,9-12H,4,8,13H2,1-3H3. The topological polar surface area (TPSA) is 74.5 Å². The number of carbonyl (C=O) groups is 1. The molecule has 0 aliphatic heterocycles. The number of ether oxygens (including phenoxy) is 2. The molecule has 0 atom stereocenters. The molecule has 140 valence electrons. The monoisotopic (exact) mass is 366 g/mol. The SMILES string of the molecule is CCCc1nc(-c2cc(OC)c(OCc3ccccc3)cc2C(C)=O)no1. The summed E-state index contributed by atoms with van der Waals surface area (Å²) in [6, 6.07) is 13.2. The maximum Gasteiger partial charge on any atom is 0.226 e. The van der Waals surface area contributed by atoms with Crippen LogP contribution in [-0.2, 0) is 13.0 Å². The highest BCUT2D eigenvalue weighted by molar-refractivity contribution is 6.01. The molecule has 3 rings (SSSR count). The Hall–Kier alpha value is -3.15. The lowest BCUT2D eigenvalue weighted by atomic mass is 10.0. The van der Waals surface area contributed by atoms with Crippen molar-refractivity contribution in [2.24, 2.45) is 0 Å². The van der Waals surface area contributed by atoms with Gasteiger partial charge in [0.15, 0.2) is 17.3 Å². The number of rotatable bonds is 8. The van der Waals surface area contributed by atoms with Crippen LogP contribution in [0, 0.1) is 0 Å². The van der Waals surface area contributed by atoms with E-state index in [4.69, 9.17) is 14.0 Å². The van der Waals surface area contributed by atoms with Crippen molar-refractivity contribution in [3.8, 4) is 22.9 Å². The van der Waals surface area contributed by atoms with E-state index >= 15 is 0 Å². The Balaban J connectivity index is 1.96. The second-order valence-electron chi connectivity index (χ2n) is 6.14. The lowest BCUT2D eigenvalue weighted by molar-refractivity contribution is 0.101. The molecule has 0 amide bonds. The summed E-state index contributed by atoms with van der Waals surface area (Å²) < 4.78 is 16.6. The molecule has 0 spiro atoms. The molecule has 0 N–H and O–H groups in total. The minimum atomic E-state index is -0.112. The van der Waals surface area contributed by atoms with E-state index in [1.807, 2.05) is 37.3 Å². The highest BCUT2D eigenvalue weighted by Gasteiger charge is 2.20. The van der Waals surface area contributed by atoms with Crippen molar-refractivity contribution in [3.63, 3.8) is 0 Å². The number of hydrogen-bond donors (Lipinski definition) is 0. The molecular formula is C21H22N2O4. The van der Waals surface area contributed by atoms with E-state index in [0.29, 0.717) is 47.4 Å². The molecule has 2 aromatic carbocycles. The number of Topliss-reactive ketones (excluding diaryl/α,β-unsaturated/α-hetero) is 1. The Morgan fingerprint density at radius 1 is 1.15 bits per heavy atom. The maximum absolute atomic E-state index is 12.2. The summed E-state index contributed by atoms with van der Waals surface area (Å²) >= 11 is 0. The van der Waals surface area contributed by atoms with Crippen molar-refractivity contribution in [3.05, 3.63) is 59.5 Å². The van der Waals surface area contributed by atoms with E-state index in [-0.39, 0.29) is 5.78 Å². The van der Waals surface area contributed by atoms with Crippen molar-refractivity contribution < 1.29 is 18.8 Å². The van der Waals surface area contributed by atoms with Crippen LogP contribution >= 0.6 is 0 Å². The van der Waals surface area contributed by atoms with E-state index < -0.39 is 0 Å². The first-order valence-electron chi connectivity index (χ1n) is 8.85. The summed E-state index contributed by atoms with van der Waals surface area (Å²) in [7, 11) is 1.56. The van der Waals surface area contributed by atoms with Gasteiger partial charge in [0, 0.05) is 17.5 Å². The van der Waals surface area contributed by atoms with E-state index in [0.717, 1.165) is 12.0 Å². The Kier molecular flexibility index (Phi) is 5.86. The second kappa shape index (κ2) is 8.49. The number of nitrogens with zero attached hydrogens (tertiary/aromatic N) is 2. The van der Waals surface area contributed by atoms with Crippen molar-refractivity contribution in [1.82, 2.24) is 10.1 Å². The fourth-order valence-corrected chi connectivity index (χ4v) is 2.72. The van der Waals surface area contributed by atoms with Gasteiger partial charge >= 0.3 is 0 Å². The van der Waals surface area contributed by atoms with Crippen LogP contribution < -0.4 is 9.47 Å². The van der Waals surface area contributed by atoms with Crippen molar-refractivity contribution in [1.29, 1.82) is 0 Å². The molecule has 0 unspecified atom stereocenters. The lowest BCUT2D eigenvalue weighted by Gasteiger charge is -2.14. The first-order valence-corrected chi connectivity index (χ1v) is 8.85. The van der Waals surface area contributed by atoms with E-state index in [2.05, 4.69) is 10.1 Å². The molecular weight excluding hydrogens is 344 g/mol. The van der Waals surface area contributed by atoms with Crippen LogP contribution in [0.4, 0.5) is 0 Å². The van der Waals surface area contributed by atoms with Crippen LogP contribution in [0.5, 0.6) is 11.5 Å². The highest BCUT2D eigenvalue weighted by atomic mass is 16.5. The number of hydrogen-bond acceptors (Lipinski definition) is 6. The van der Waals surface area contributed by atoms with E-state index in [1.165, 1.54) is 6.92 Å². The molecule has 6 heteroatoms. The molecule has 3 aromatic rings. The van der Waals surface area contributed by atoms with Crippen LogP contribution in [0.1, 0.15) is 42.1 Å². The minimum absolute atomic E-state index is 0.112. The van der Waals surface area contributed by atoms with Gasteiger partial charge in [-0.15, -0.1) is 0 Å². The average molecular weight is 366 g/mol. The molecule has 1 aromatic heterocycles. The molecule has 0 saturated heterocycles. The summed E-state index contributed by atoms with van der Waals surface area (Å²) in [5.41, 5.74) is 2.05.